The lowest BCUT2D eigenvalue weighted by atomic mass is 10.0. The van der Waals surface area contributed by atoms with E-state index in [0.717, 1.165) is 11.1 Å². The summed E-state index contributed by atoms with van der Waals surface area (Å²) >= 11 is 0. The summed E-state index contributed by atoms with van der Waals surface area (Å²) in [5.74, 6) is 1.20. The van der Waals surface area contributed by atoms with Crippen LogP contribution in [0.25, 0.3) is 11.6 Å². The van der Waals surface area contributed by atoms with Gasteiger partial charge in [0.1, 0.15) is 6.61 Å². The number of hydrogen-bond donors (Lipinski definition) is 0. The molecule has 0 aromatic heterocycles. The van der Waals surface area contributed by atoms with Crippen LogP contribution in [0.3, 0.4) is 0 Å². The summed E-state index contributed by atoms with van der Waals surface area (Å²) in [6.45, 7) is 2.78. The summed E-state index contributed by atoms with van der Waals surface area (Å²) in [4.78, 5) is 10.3. The number of rotatable bonds is 8. The highest BCUT2D eigenvalue weighted by atomic mass is 16.6. The molecule has 0 amide bonds. The highest BCUT2D eigenvalue weighted by Gasteiger charge is 2.09. The maximum absolute atomic E-state index is 10.8. The maximum atomic E-state index is 10.8. The zero-order chi connectivity index (χ0) is 21.3. The molecule has 0 radical (unpaired) electrons. The SMILES string of the molecule is CCOc1cc(/C=C(/C#N)c2ccc([N+](=O)[O-])cc2)ccc1OCc1ccccc1. The molecule has 0 aliphatic rings. The van der Waals surface area contributed by atoms with Crippen LogP contribution in [-0.2, 0) is 6.61 Å². The van der Waals surface area contributed by atoms with Gasteiger partial charge in [0.15, 0.2) is 11.5 Å². The van der Waals surface area contributed by atoms with Crippen LogP contribution in [0.4, 0.5) is 5.69 Å². The number of nitro groups is 1. The van der Waals surface area contributed by atoms with E-state index in [2.05, 4.69) is 6.07 Å². The van der Waals surface area contributed by atoms with Gasteiger partial charge in [-0.1, -0.05) is 36.4 Å². The van der Waals surface area contributed by atoms with E-state index in [4.69, 9.17) is 9.47 Å². The summed E-state index contributed by atoms with van der Waals surface area (Å²) in [7, 11) is 0. The Balaban J connectivity index is 1.84. The zero-order valence-corrected chi connectivity index (χ0v) is 16.4. The molecule has 0 unspecified atom stereocenters. The normalized spacial score (nSPS) is 10.9. The van der Waals surface area contributed by atoms with Crippen LogP contribution >= 0.6 is 0 Å². The van der Waals surface area contributed by atoms with Crippen LogP contribution in [0.5, 0.6) is 11.5 Å². The van der Waals surface area contributed by atoms with Crippen molar-refractivity contribution in [2.45, 2.75) is 13.5 Å². The summed E-state index contributed by atoms with van der Waals surface area (Å²) in [6, 6.07) is 23.3. The van der Waals surface area contributed by atoms with Crippen molar-refractivity contribution in [1.29, 1.82) is 5.26 Å². The molecular formula is C24H20N2O4. The van der Waals surface area contributed by atoms with E-state index in [1.54, 1.807) is 18.2 Å². The first-order chi connectivity index (χ1) is 14.6. The highest BCUT2D eigenvalue weighted by molar-refractivity contribution is 5.90. The van der Waals surface area contributed by atoms with E-state index in [1.165, 1.54) is 12.1 Å². The minimum atomic E-state index is -0.470. The quantitative estimate of drug-likeness (QED) is 0.211. The molecule has 0 saturated heterocycles. The molecule has 6 nitrogen and oxygen atoms in total. The van der Waals surface area contributed by atoms with Crippen LogP contribution in [0.15, 0.2) is 72.8 Å². The Morgan fingerprint density at radius 1 is 1.03 bits per heavy atom. The molecular weight excluding hydrogens is 380 g/mol. The smallest absolute Gasteiger partial charge is 0.269 e. The number of nitrogens with zero attached hydrogens (tertiary/aromatic N) is 2. The number of benzene rings is 3. The second-order valence-corrected chi connectivity index (χ2v) is 6.39. The number of hydrogen-bond acceptors (Lipinski definition) is 5. The molecule has 6 heteroatoms. The molecule has 0 spiro atoms. The van der Waals surface area contributed by atoms with E-state index < -0.39 is 4.92 Å². The van der Waals surface area contributed by atoms with Gasteiger partial charge in [-0.05, 0) is 54.0 Å². The average molecular weight is 400 g/mol. The van der Waals surface area contributed by atoms with Crippen molar-refractivity contribution < 1.29 is 14.4 Å². The monoisotopic (exact) mass is 400 g/mol. The predicted molar refractivity (Wildman–Crippen MR) is 115 cm³/mol. The number of ether oxygens (including phenoxy) is 2. The van der Waals surface area contributed by atoms with Gasteiger partial charge in [0.2, 0.25) is 0 Å². The molecule has 0 heterocycles. The Hall–Kier alpha value is -4.11. The van der Waals surface area contributed by atoms with Gasteiger partial charge < -0.3 is 9.47 Å². The molecule has 0 aliphatic heterocycles. The van der Waals surface area contributed by atoms with Crippen molar-refractivity contribution in [1.82, 2.24) is 0 Å². The second kappa shape index (κ2) is 9.89. The molecule has 0 aliphatic carbocycles. The van der Waals surface area contributed by atoms with Crippen LogP contribution in [-0.4, -0.2) is 11.5 Å². The topological polar surface area (TPSA) is 85.4 Å². The predicted octanol–water partition coefficient (Wildman–Crippen LogP) is 5.64. The lowest BCUT2D eigenvalue weighted by molar-refractivity contribution is -0.384. The lowest BCUT2D eigenvalue weighted by Gasteiger charge is -2.13. The summed E-state index contributed by atoms with van der Waals surface area (Å²) in [5.41, 5.74) is 2.79. The lowest BCUT2D eigenvalue weighted by Crippen LogP contribution is -2.00. The minimum Gasteiger partial charge on any atom is -0.490 e. The standard InChI is InChI=1S/C24H20N2O4/c1-2-29-24-15-19(8-13-23(24)30-17-18-6-4-3-5-7-18)14-21(16-25)20-9-11-22(12-10-20)26(27)28/h3-15H,2,17H2,1H3/b21-14-. The summed E-state index contributed by atoms with van der Waals surface area (Å²) in [6.07, 6.45) is 1.71. The fourth-order valence-electron chi connectivity index (χ4n) is 2.85. The first kappa shape index (κ1) is 20.6. The summed E-state index contributed by atoms with van der Waals surface area (Å²) in [5, 5.41) is 20.4. The fraction of sp³-hybridized carbons (Fsp3) is 0.125. The minimum absolute atomic E-state index is 0.0189. The van der Waals surface area contributed by atoms with Crippen molar-refractivity contribution in [3.63, 3.8) is 0 Å². The average Bonchev–Trinajstić information content (AvgIpc) is 2.78. The summed E-state index contributed by atoms with van der Waals surface area (Å²) < 4.78 is 11.6. The van der Waals surface area contributed by atoms with Crippen molar-refractivity contribution in [3.8, 4) is 17.6 Å². The van der Waals surface area contributed by atoms with Gasteiger partial charge in [-0.25, -0.2) is 0 Å². The molecule has 150 valence electrons. The molecule has 30 heavy (non-hydrogen) atoms. The van der Waals surface area contributed by atoms with Gasteiger partial charge in [-0.3, -0.25) is 10.1 Å². The van der Waals surface area contributed by atoms with Crippen molar-refractivity contribution in [2.24, 2.45) is 0 Å². The molecule has 3 aromatic carbocycles. The Labute approximate surface area is 174 Å². The number of nitro benzene ring substituents is 1. The van der Waals surface area contributed by atoms with Gasteiger partial charge in [-0.15, -0.1) is 0 Å². The van der Waals surface area contributed by atoms with Crippen LogP contribution in [0.2, 0.25) is 0 Å². The molecule has 0 N–H and O–H groups in total. The molecule has 0 atom stereocenters. The first-order valence-corrected chi connectivity index (χ1v) is 9.41. The van der Waals surface area contributed by atoms with Crippen molar-refractivity contribution in [2.75, 3.05) is 6.61 Å². The third kappa shape index (κ3) is 5.24. The van der Waals surface area contributed by atoms with Gasteiger partial charge in [0.05, 0.1) is 23.2 Å². The van der Waals surface area contributed by atoms with Gasteiger partial charge in [-0.2, -0.15) is 5.26 Å². The number of allylic oxidation sites excluding steroid dienone is 1. The van der Waals surface area contributed by atoms with Gasteiger partial charge in [0.25, 0.3) is 5.69 Å². The second-order valence-electron chi connectivity index (χ2n) is 6.39. The fourth-order valence-corrected chi connectivity index (χ4v) is 2.85. The number of non-ortho nitro benzene ring substituents is 1. The van der Waals surface area contributed by atoms with Crippen molar-refractivity contribution >= 4 is 17.3 Å². The molecule has 0 fully saturated rings. The zero-order valence-electron chi connectivity index (χ0n) is 16.4. The Morgan fingerprint density at radius 3 is 2.40 bits per heavy atom. The van der Waals surface area contributed by atoms with E-state index in [1.807, 2.05) is 55.5 Å². The van der Waals surface area contributed by atoms with Crippen LogP contribution in [0.1, 0.15) is 23.6 Å². The first-order valence-electron chi connectivity index (χ1n) is 9.41. The molecule has 0 bridgehead atoms. The Kier molecular flexibility index (Phi) is 6.80. The highest BCUT2D eigenvalue weighted by Crippen LogP contribution is 2.31. The van der Waals surface area contributed by atoms with Crippen molar-refractivity contribution in [3.05, 3.63) is 99.6 Å². The third-order valence-corrected chi connectivity index (χ3v) is 4.33. The van der Waals surface area contributed by atoms with Crippen LogP contribution in [0, 0.1) is 21.4 Å². The molecule has 3 rings (SSSR count). The molecule has 0 saturated carbocycles. The maximum Gasteiger partial charge on any atom is 0.269 e. The van der Waals surface area contributed by atoms with E-state index >= 15 is 0 Å². The molecule has 3 aromatic rings. The number of nitriles is 1. The van der Waals surface area contributed by atoms with E-state index in [-0.39, 0.29) is 5.69 Å². The van der Waals surface area contributed by atoms with E-state index in [0.29, 0.717) is 35.8 Å². The largest absolute Gasteiger partial charge is 0.490 e. The third-order valence-electron chi connectivity index (χ3n) is 4.33. The van der Waals surface area contributed by atoms with Gasteiger partial charge >= 0.3 is 0 Å². The Morgan fingerprint density at radius 2 is 1.77 bits per heavy atom. The van der Waals surface area contributed by atoms with Gasteiger partial charge in [0, 0.05) is 12.1 Å². The van der Waals surface area contributed by atoms with E-state index in [9.17, 15) is 15.4 Å². The van der Waals surface area contributed by atoms with Crippen LogP contribution < -0.4 is 9.47 Å². The Bertz CT molecular complexity index is 1080.